The molecule has 1 unspecified atom stereocenters. The average molecular weight is 231 g/mol. The van der Waals surface area contributed by atoms with Crippen LogP contribution in [0.3, 0.4) is 0 Å². The quantitative estimate of drug-likeness (QED) is 0.728. The van der Waals surface area contributed by atoms with Crippen LogP contribution in [0.5, 0.6) is 0 Å². The lowest BCUT2D eigenvalue weighted by Gasteiger charge is -1.97. The molecule has 1 atom stereocenters. The van der Waals surface area contributed by atoms with Gasteiger partial charge in [0, 0.05) is 6.26 Å². The van der Waals surface area contributed by atoms with E-state index in [-0.39, 0.29) is 5.16 Å². The van der Waals surface area contributed by atoms with Crippen molar-refractivity contribution in [2.75, 3.05) is 6.26 Å². The number of aryl methyl sites for hydroxylation is 1. The van der Waals surface area contributed by atoms with Gasteiger partial charge in [0.15, 0.2) is 5.15 Å². The molecule has 2 rings (SSSR count). The molecule has 0 aliphatic rings. The molecule has 14 heavy (non-hydrogen) atoms. The molecule has 5 nitrogen and oxygen atoms in total. The number of halogens is 1. The van der Waals surface area contributed by atoms with E-state index in [1.165, 1.54) is 17.0 Å². The Bertz CT molecular complexity index is 524. The van der Waals surface area contributed by atoms with Crippen LogP contribution in [0.4, 0.5) is 0 Å². The van der Waals surface area contributed by atoms with E-state index in [4.69, 9.17) is 11.6 Å². The van der Waals surface area contributed by atoms with E-state index >= 15 is 0 Å². The molecule has 0 bridgehead atoms. The predicted octanol–water partition coefficient (Wildman–Crippen LogP) is 0.824. The van der Waals surface area contributed by atoms with Crippen molar-refractivity contribution in [1.29, 1.82) is 0 Å². The minimum atomic E-state index is -1.20. The van der Waals surface area contributed by atoms with Crippen molar-refractivity contribution in [2.45, 2.75) is 12.1 Å². The summed E-state index contributed by atoms with van der Waals surface area (Å²) in [7, 11) is -1.20. The molecule has 0 aliphatic heterocycles. The first kappa shape index (κ1) is 9.54. The highest BCUT2D eigenvalue weighted by atomic mass is 35.5. The van der Waals surface area contributed by atoms with Crippen LogP contribution in [-0.2, 0) is 10.8 Å². The van der Waals surface area contributed by atoms with Gasteiger partial charge in [0.25, 0.3) is 0 Å². The maximum atomic E-state index is 11.1. The highest BCUT2D eigenvalue weighted by Crippen LogP contribution is 2.15. The minimum absolute atomic E-state index is 0.273. The zero-order chi connectivity index (χ0) is 10.3. The second-order valence-electron chi connectivity index (χ2n) is 2.74. The number of hydrogen-bond donors (Lipinski definition) is 0. The monoisotopic (exact) mass is 230 g/mol. The Morgan fingerprint density at radius 1 is 1.57 bits per heavy atom. The van der Waals surface area contributed by atoms with Gasteiger partial charge in [-0.2, -0.15) is 0 Å². The average Bonchev–Trinajstić information content (AvgIpc) is 2.42. The van der Waals surface area contributed by atoms with E-state index in [0.717, 1.165) is 0 Å². The van der Waals surface area contributed by atoms with Crippen molar-refractivity contribution in [3.8, 4) is 0 Å². The standard InChI is InChI=1S/C7H7ClN4OS/c1-4-10-6(8)5-3-9-7(14(2)13)11-12(4)5/h3H,1-2H3. The highest BCUT2D eigenvalue weighted by Gasteiger charge is 2.09. The van der Waals surface area contributed by atoms with Crippen molar-refractivity contribution < 1.29 is 4.21 Å². The van der Waals surface area contributed by atoms with Gasteiger partial charge >= 0.3 is 0 Å². The molecule has 0 radical (unpaired) electrons. The molecular weight excluding hydrogens is 224 g/mol. The molecule has 0 spiro atoms. The molecule has 2 heterocycles. The molecule has 0 fully saturated rings. The lowest BCUT2D eigenvalue weighted by atomic mass is 10.6. The van der Waals surface area contributed by atoms with E-state index in [1.807, 2.05) is 0 Å². The summed E-state index contributed by atoms with van der Waals surface area (Å²) in [6.07, 6.45) is 3.04. The number of imidazole rings is 1. The number of aromatic nitrogens is 4. The number of hydrogen-bond acceptors (Lipinski definition) is 4. The zero-order valence-corrected chi connectivity index (χ0v) is 9.13. The Labute approximate surface area is 87.6 Å². The fraction of sp³-hybridized carbons (Fsp3) is 0.286. The molecule has 0 aliphatic carbocycles. The molecule has 0 aromatic carbocycles. The van der Waals surface area contributed by atoms with Gasteiger partial charge in [0.2, 0.25) is 5.16 Å². The second kappa shape index (κ2) is 3.29. The van der Waals surface area contributed by atoms with Gasteiger partial charge in [-0.25, -0.2) is 14.5 Å². The zero-order valence-electron chi connectivity index (χ0n) is 7.56. The SMILES string of the molecule is Cc1nc(Cl)c2cnc(S(C)=O)nn12. The van der Waals surface area contributed by atoms with E-state index < -0.39 is 10.8 Å². The molecule has 7 heteroatoms. The lowest BCUT2D eigenvalue weighted by Crippen LogP contribution is -2.03. The molecule has 0 saturated heterocycles. The van der Waals surface area contributed by atoms with Crippen LogP contribution in [-0.4, -0.2) is 30.0 Å². The largest absolute Gasteiger partial charge is 0.251 e. The third-order valence-corrected chi connectivity index (χ3v) is 2.73. The first-order valence-electron chi connectivity index (χ1n) is 3.81. The lowest BCUT2D eigenvalue weighted by molar-refractivity contribution is 0.670. The third kappa shape index (κ3) is 1.40. The fourth-order valence-corrected chi connectivity index (χ4v) is 1.75. The molecule has 0 amide bonds. The van der Waals surface area contributed by atoms with Crippen LogP contribution >= 0.6 is 11.6 Å². The van der Waals surface area contributed by atoms with Gasteiger partial charge in [-0.3, -0.25) is 4.21 Å². The van der Waals surface area contributed by atoms with Crippen LogP contribution in [0.25, 0.3) is 5.52 Å². The Morgan fingerprint density at radius 3 is 2.93 bits per heavy atom. The van der Waals surface area contributed by atoms with Gasteiger partial charge in [-0.15, -0.1) is 5.10 Å². The van der Waals surface area contributed by atoms with Crippen LogP contribution in [0.2, 0.25) is 5.15 Å². The maximum absolute atomic E-state index is 11.1. The summed E-state index contributed by atoms with van der Waals surface area (Å²) in [5, 5.41) is 4.68. The Morgan fingerprint density at radius 2 is 2.29 bits per heavy atom. The molecule has 2 aromatic rings. The van der Waals surface area contributed by atoms with Gasteiger partial charge < -0.3 is 0 Å². The normalized spacial score (nSPS) is 13.4. The predicted molar refractivity (Wildman–Crippen MR) is 52.9 cm³/mol. The Balaban J connectivity index is 2.77. The molecule has 0 saturated carbocycles. The molecule has 74 valence electrons. The van der Waals surface area contributed by atoms with Crippen LogP contribution in [0, 0.1) is 6.92 Å². The van der Waals surface area contributed by atoms with Crippen LogP contribution in [0.15, 0.2) is 11.4 Å². The van der Waals surface area contributed by atoms with Crippen molar-refractivity contribution in [3.05, 3.63) is 17.2 Å². The Hall–Kier alpha value is -1.01. The number of nitrogens with zero attached hydrogens (tertiary/aromatic N) is 4. The van der Waals surface area contributed by atoms with Crippen molar-refractivity contribution in [1.82, 2.24) is 19.6 Å². The van der Waals surface area contributed by atoms with Gasteiger partial charge in [0.05, 0.1) is 17.0 Å². The smallest absolute Gasteiger partial charge is 0.237 e. The summed E-state index contributed by atoms with van der Waals surface area (Å²) in [5.41, 5.74) is 0.623. The highest BCUT2D eigenvalue weighted by molar-refractivity contribution is 7.84. The molecular formula is C7H7ClN4OS. The first-order chi connectivity index (χ1) is 6.59. The topological polar surface area (TPSA) is 60.2 Å². The summed E-state index contributed by atoms with van der Waals surface area (Å²) in [6, 6.07) is 0. The van der Waals surface area contributed by atoms with Crippen LogP contribution in [0.1, 0.15) is 5.82 Å². The number of fused-ring (bicyclic) bond motifs is 1. The van der Waals surface area contributed by atoms with E-state index in [9.17, 15) is 4.21 Å². The molecule has 2 aromatic heterocycles. The van der Waals surface area contributed by atoms with Crippen LogP contribution < -0.4 is 0 Å². The van der Waals surface area contributed by atoms with Crippen molar-refractivity contribution in [2.24, 2.45) is 0 Å². The van der Waals surface area contributed by atoms with E-state index in [0.29, 0.717) is 16.5 Å². The first-order valence-corrected chi connectivity index (χ1v) is 5.74. The van der Waals surface area contributed by atoms with Gasteiger partial charge in [0.1, 0.15) is 11.3 Å². The van der Waals surface area contributed by atoms with Gasteiger partial charge in [-0.05, 0) is 6.92 Å². The van der Waals surface area contributed by atoms with Crippen molar-refractivity contribution in [3.63, 3.8) is 0 Å². The second-order valence-corrected chi connectivity index (χ2v) is 4.37. The number of rotatable bonds is 1. The summed E-state index contributed by atoms with van der Waals surface area (Å²) in [5.74, 6) is 0.652. The maximum Gasteiger partial charge on any atom is 0.237 e. The third-order valence-electron chi connectivity index (χ3n) is 1.75. The summed E-state index contributed by atoms with van der Waals surface area (Å²) in [6.45, 7) is 1.77. The van der Waals surface area contributed by atoms with Crippen molar-refractivity contribution >= 4 is 27.9 Å². The summed E-state index contributed by atoms with van der Waals surface area (Å²) >= 11 is 5.82. The summed E-state index contributed by atoms with van der Waals surface area (Å²) < 4.78 is 12.7. The minimum Gasteiger partial charge on any atom is -0.251 e. The molecule has 0 N–H and O–H groups in total. The summed E-state index contributed by atoms with van der Waals surface area (Å²) in [4.78, 5) is 7.94. The Kier molecular flexibility index (Phi) is 2.24. The van der Waals surface area contributed by atoms with E-state index in [2.05, 4.69) is 15.1 Å². The fourth-order valence-electron chi connectivity index (χ4n) is 1.10. The van der Waals surface area contributed by atoms with Gasteiger partial charge in [-0.1, -0.05) is 11.6 Å². The van der Waals surface area contributed by atoms with E-state index in [1.54, 1.807) is 6.92 Å².